The largest absolute Gasteiger partial charge is 0.311 e. The van der Waals surface area contributed by atoms with E-state index in [9.17, 15) is 0 Å². The van der Waals surface area contributed by atoms with E-state index < -0.39 is 0 Å². The third-order valence-corrected chi connectivity index (χ3v) is 3.20. The minimum atomic E-state index is 0.215. The average molecular weight is 256 g/mol. The van der Waals surface area contributed by atoms with Gasteiger partial charge in [0.05, 0.1) is 0 Å². The van der Waals surface area contributed by atoms with Crippen LogP contribution < -0.4 is 5.32 Å². The van der Waals surface area contributed by atoms with Gasteiger partial charge in [-0.2, -0.15) is 0 Å². The van der Waals surface area contributed by atoms with Gasteiger partial charge in [-0.3, -0.25) is 4.90 Å². The van der Waals surface area contributed by atoms with Crippen molar-refractivity contribution >= 4 is 0 Å². The molecule has 0 radical (unpaired) electrons. The van der Waals surface area contributed by atoms with E-state index in [1.807, 2.05) is 0 Å². The van der Waals surface area contributed by atoms with Crippen LogP contribution >= 0.6 is 0 Å². The molecule has 0 aliphatic heterocycles. The van der Waals surface area contributed by atoms with Crippen molar-refractivity contribution in [3.05, 3.63) is 0 Å². The molecule has 0 rings (SSSR count). The van der Waals surface area contributed by atoms with E-state index in [1.165, 1.54) is 19.4 Å². The zero-order valence-corrected chi connectivity index (χ0v) is 14.0. The Labute approximate surface area is 116 Å². The highest BCUT2D eigenvalue weighted by Gasteiger charge is 2.22. The monoisotopic (exact) mass is 256 g/mol. The lowest BCUT2D eigenvalue weighted by atomic mass is 10.0. The third-order valence-electron chi connectivity index (χ3n) is 3.20. The number of rotatable bonds is 8. The lowest BCUT2D eigenvalue weighted by molar-refractivity contribution is 0.119. The molecule has 2 heteroatoms. The molecule has 1 atom stereocenters. The maximum Gasteiger partial charge on any atom is 0.0223 e. The van der Waals surface area contributed by atoms with Crippen LogP contribution in [0.5, 0.6) is 0 Å². The summed E-state index contributed by atoms with van der Waals surface area (Å²) in [7, 11) is 0. The smallest absolute Gasteiger partial charge is 0.0223 e. The van der Waals surface area contributed by atoms with Crippen LogP contribution in [-0.2, 0) is 0 Å². The first-order valence-corrected chi connectivity index (χ1v) is 7.68. The Balaban J connectivity index is 4.59. The van der Waals surface area contributed by atoms with Crippen molar-refractivity contribution in [2.24, 2.45) is 5.92 Å². The summed E-state index contributed by atoms with van der Waals surface area (Å²) in [6.45, 7) is 20.6. The van der Waals surface area contributed by atoms with E-state index in [1.54, 1.807) is 0 Å². The van der Waals surface area contributed by atoms with Crippen molar-refractivity contribution in [1.82, 2.24) is 10.2 Å². The number of nitrogens with one attached hydrogen (secondary N) is 1. The Hall–Kier alpha value is -0.0800. The van der Waals surface area contributed by atoms with Crippen LogP contribution in [0.3, 0.4) is 0 Å². The molecular weight excluding hydrogens is 220 g/mol. The molecule has 0 aliphatic carbocycles. The van der Waals surface area contributed by atoms with Gasteiger partial charge < -0.3 is 5.32 Å². The molecule has 0 aromatic carbocycles. The van der Waals surface area contributed by atoms with Crippen LogP contribution in [0.15, 0.2) is 0 Å². The van der Waals surface area contributed by atoms with Crippen LogP contribution in [0.4, 0.5) is 0 Å². The summed E-state index contributed by atoms with van der Waals surface area (Å²) in [5, 5.41) is 3.67. The van der Waals surface area contributed by atoms with Gasteiger partial charge in [0.25, 0.3) is 0 Å². The van der Waals surface area contributed by atoms with E-state index in [0.29, 0.717) is 12.1 Å². The summed E-state index contributed by atoms with van der Waals surface area (Å²) in [5.41, 5.74) is 0.215. The SMILES string of the molecule is CCCC(CNC(C)(C)C)N(CC(C)C)C(C)C. The quantitative estimate of drug-likeness (QED) is 0.708. The fourth-order valence-corrected chi connectivity index (χ4v) is 2.35. The summed E-state index contributed by atoms with van der Waals surface area (Å²) in [4.78, 5) is 2.67. The Morgan fingerprint density at radius 3 is 1.94 bits per heavy atom. The standard InChI is InChI=1S/C16H36N2/c1-9-10-15(11-17-16(6,7)8)18(14(4)5)12-13(2)3/h13-15,17H,9-12H2,1-8H3. The van der Waals surface area contributed by atoms with Gasteiger partial charge >= 0.3 is 0 Å². The van der Waals surface area contributed by atoms with Gasteiger partial charge in [0.15, 0.2) is 0 Å². The molecule has 18 heavy (non-hydrogen) atoms. The minimum absolute atomic E-state index is 0.215. The zero-order chi connectivity index (χ0) is 14.3. The Morgan fingerprint density at radius 1 is 1.06 bits per heavy atom. The average Bonchev–Trinajstić information content (AvgIpc) is 2.19. The predicted molar refractivity (Wildman–Crippen MR) is 83.1 cm³/mol. The molecule has 1 unspecified atom stereocenters. The summed E-state index contributed by atoms with van der Waals surface area (Å²) in [6, 6.07) is 1.29. The predicted octanol–water partition coefficient (Wildman–Crippen LogP) is 3.91. The highest BCUT2D eigenvalue weighted by molar-refractivity contribution is 4.81. The normalized spacial score (nSPS) is 14.8. The molecule has 0 bridgehead atoms. The van der Waals surface area contributed by atoms with Gasteiger partial charge in [-0.1, -0.05) is 27.2 Å². The number of hydrogen-bond donors (Lipinski definition) is 1. The molecule has 2 nitrogen and oxygen atoms in total. The van der Waals surface area contributed by atoms with Gasteiger partial charge in [0.2, 0.25) is 0 Å². The summed E-state index contributed by atoms with van der Waals surface area (Å²) >= 11 is 0. The first-order valence-electron chi connectivity index (χ1n) is 7.68. The molecule has 110 valence electrons. The second-order valence-electron chi connectivity index (χ2n) is 7.26. The summed E-state index contributed by atoms with van der Waals surface area (Å²) in [6.07, 6.45) is 2.55. The Bertz CT molecular complexity index is 204. The van der Waals surface area contributed by atoms with Crippen LogP contribution in [0.25, 0.3) is 0 Å². The van der Waals surface area contributed by atoms with E-state index in [2.05, 4.69) is 65.6 Å². The van der Waals surface area contributed by atoms with Crippen LogP contribution in [0.2, 0.25) is 0 Å². The summed E-state index contributed by atoms with van der Waals surface area (Å²) < 4.78 is 0. The van der Waals surface area contributed by atoms with E-state index in [0.717, 1.165) is 12.5 Å². The van der Waals surface area contributed by atoms with Gasteiger partial charge in [-0.25, -0.2) is 0 Å². The van der Waals surface area contributed by atoms with Crippen molar-refractivity contribution in [3.63, 3.8) is 0 Å². The molecular formula is C16H36N2. The molecule has 0 saturated heterocycles. The van der Waals surface area contributed by atoms with Crippen LogP contribution in [0.1, 0.15) is 68.2 Å². The fourth-order valence-electron chi connectivity index (χ4n) is 2.35. The Kier molecular flexibility index (Phi) is 8.13. The molecule has 0 aliphatic rings. The maximum atomic E-state index is 3.67. The van der Waals surface area contributed by atoms with Crippen molar-refractivity contribution in [3.8, 4) is 0 Å². The van der Waals surface area contributed by atoms with E-state index in [4.69, 9.17) is 0 Å². The molecule has 0 spiro atoms. The lowest BCUT2D eigenvalue weighted by Crippen LogP contribution is -2.50. The molecule has 1 N–H and O–H groups in total. The second-order valence-corrected chi connectivity index (χ2v) is 7.26. The van der Waals surface area contributed by atoms with Gasteiger partial charge in [-0.05, 0) is 47.0 Å². The van der Waals surface area contributed by atoms with Gasteiger partial charge in [-0.15, -0.1) is 0 Å². The lowest BCUT2D eigenvalue weighted by Gasteiger charge is -2.38. The van der Waals surface area contributed by atoms with E-state index >= 15 is 0 Å². The highest BCUT2D eigenvalue weighted by atomic mass is 15.2. The topological polar surface area (TPSA) is 15.3 Å². The fraction of sp³-hybridized carbons (Fsp3) is 1.00. The molecule has 0 saturated carbocycles. The molecule has 0 aromatic heterocycles. The molecule has 0 aromatic rings. The van der Waals surface area contributed by atoms with Crippen LogP contribution in [-0.4, -0.2) is 35.6 Å². The number of nitrogens with zero attached hydrogens (tertiary/aromatic N) is 1. The van der Waals surface area contributed by atoms with Crippen molar-refractivity contribution in [1.29, 1.82) is 0 Å². The van der Waals surface area contributed by atoms with Gasteiger partial charge in [0, 0.05) is 30.7 Å². The van der Waals surface area contributed by atoms with Gasteiger partial charge in [0.1, 0.15) is 0 Å². The molecule has 0 fully saturated rings. The zero-order valence-electron chi connectivity index (χ0n) is 14.0. The molecule has 0 amide bonds. The van der Waals surface area contributed by atoms with Crippen molar-refractivity contribution < 1.29 is 0 Å². The first kappa shape index (κ1) is 17.9. The summed E-state index contributed by atoms with van der Waals surface area (Å²) in [5.74, 6) is 0.737. The number of hydrogen-bond acceptors (Lipinski definition) is 2. The molecule has 0 heterocycles. The second kappa shape index (κ2) is 8.16. The third kappa shape index (κ3) is 8.10. The highest BCUT2D eigenvalue weighted by Crippen LogP contribution is 2.14. The van der Waals surface area contributed by atoms with Crippen molar-refractivity contribution in [2.45, 2.75) is 85.9 Å². The minimum Gasteiger partial charge on any atom is -0.311 e. The van der Waals surface area contributed by atoms with E-state index in [-0.39, 0.29) is 5.54 Å². The van der Waals surface area contributed by atoms with Crippen molar-refractivity contribution in [2.75, 3.05) is 13.1 Å². The first-order chi connectivity index (χ1) is 8.17. The van der Waals surface area contributed by atoms with Crippen LogP contribution in [0, 0.1) is 5.92 Å². The maximum absolute atomic E-state index is 3.67. The Morgan fingerprint density at radius 2 is 1.61 bits per heavy atom.